The highest BCUT2D eigenvalue weighted by molar-refractivity contribution is 7.89. The largest absolute Gasteiger partial charge is 0.329 e. The van der Waals surface area contributed by atoms with Crippen LogP contribution in [-0.2, 0) is 10.0 Å². The predicted molar refractivity (Wildman–Crippen MR) is 128 cm³/mol. The van der Waals surface area contributed by atoms with Crippen LogP contribution in [0.2, 0.25) is 0 Å². The molecule has 172 valence electrons. The molecule has 4 rings (SSSR count). The van der Waals surface area contributed by atoms with Gasteiger partial charge >= 0.3 is 0 Å². The molecule has 0 aliphatic carbocycles. The molecule has 3 aromatic rings. The Morgan fingerprint density at radius 1 is 1.03 bits per heavy atom. The second kappa shape index (κ2) is 9.85. The van der Waals surface area contributed by atoms with Gasteiger partial charge < -0.3 is 4.90 Å². The summed E-state index contributed by atoms with van der Waals surface area (Å²) in [4.78, 5) is 19.8. The summed E-state index contributed by atoms with van der Waals surface area (Å²) in [5, 5.41) is 0. The molecule has 7 heteroatoms. The number of amides is 1. The predicted octanol–water partition coefficient (Wildman–Crippen LogP) is 4.51. The molecule has 0 N–H and O–H groups in total. The summed E-state index contributed by atoms with van der Waals surface area (Å²) in [5.41, 5.74) is 2.00. The van der Waals surface area contributed by atoms with E-state index in [-0.39, 0.29) is 16.8 Å². The Morgan fingerprint density at radius 2 is 1.79 bits per heavy atom. The first-order chi connectivity index (χ1) is 15.9. The Morgan fingerprint density at radius 3 is 2.48 bits per heavy atom. The summed E-state index contributed by atoms with van der Waals surface area (Å²) in [6.07, 6.45) is 4.44. The molecule has 2 aromatic carbocycles. The molecular weight excluding hydrogens is 434 g/mol. The van der Waals surface area contributed by atoms with Crippen molar-refractivity contribution in [1.82, 2.24) is 14.2 Å². The number of carbonyl (C=O) groups excluding carboxylic acids is 1. The Hall–Kier alpha value is -3.03. The van der Waals surface area contributed by atoms with Crippen LogP contribution in [0.15, 0.2) is 83.9 Å². The Bertz CT molecular complexity index is 1160. The number of hydrogen-bond acceptors (Lipinski definition) is 4. The van der Waals surface area contributed by atoms with Gasteiger partial charge in [-0.05, 0) is 55.7 Å². The van der Waals surface area contributed by atoms with Gasteiger partial charge in [-0.25, -0.2) is 8.42 Å². The van der Waals surface area contributed by atoms with Crippen LogP contribution < -0.4 is 0 Å². The average Bonchev–Trinajstić information content (AvgIpc) is 2.85. The number of nitrogens with zero attached hydrogens (tertiary/aromatic N) is 3. The Kier molecular flexibility index (Phi) is 6.91. The lowest BCUT2D eigenvalue weighted by Crippen LogP contribution is -2.42. The zero-order chi connectivity index (χ0) is 23.4. The summed E-state index contributed by atoms with van der Waals surface area (Å²) >= 11 is 0. The minimum absolute atomic E-state index is 0.0441. The molecule has 1 aliphatic rings. The number of pyridine rings is 1. The van der Waals surface area contributed by atoms with Crippen molar-refractivity contribution in [2.75, 3.05) is 13.6 Å². The molecule has 1 aromatic heterocycles. The summed E-state index contributed by atoms with van der Waals surface area (Å²) in [6, 6.07) is 21.2. The van der Waals surface area contributed by atoms with E-state index in [0.29, 0.717) is 12.1 Å². The minimum atomic E-state index is -3.67. The third-order valence-electron chi connectivity index (χ3n) is 6.22. The first kappa shape index (κ1) is 23.1. The van der Waals surface area contributed by atoms with Gasteiger partial charge in [0.1, 0.15) is 0 Å². The minimum Gasteiger partial charge on any atom is -0.329 e. The summed E-state index contributed by atoms with van der Waals surface area (Å²) in [6.45, 7) is 2.45. The molecule has 0 spiro atoms. The average molecular weight is 464 g/mol. The van der Waals surface area contributed by atoms with Gasteiger partial charge in [-0.15, -0.1) is 0 Å². The first-order valence-electron chi connectivity index (χ1n) is 11.2. The number of piperidine rings is 1. The van der Waals surface area contributed by atoms with Crippen LogP contribution in [0.25, 0.3) is 0 Å². The molecule has 0 radical (unpaired) electrons. The third-order valence-corrected chi connectivity index (χ3v) is 8.23. The van der Waals surface area contributed by atoms with Crippen molar-refractivity contribution in [3.8, 4) is 0 Å². The second-order valence-electron chi connectivity index (χ2n) is 8.47. The number of carbonyl (C=O) groups is 1. The molecule has 1 saturated heterocycles. The number of sulfonamides is 1. The first-order valence-corrected chi connectivity index (χ1v) is 12.7. The molecule has 0 saturated carbocycles. The molecule has 33 heavy (non-hydrogen) atoms. The normalized spacial score (nSPS) is 17.9. The van der Waals surface area contributed by atoms with Crippen molar-refractivity contribution < 1.29 is 13.2 Å². The second-order valence-corrected chi connectivity index (χ2v) is 10.4. The van der Waals surface area contributed by atoms with E-state index in [1.807, 2.05) is 55.5 Å². The van der Waals surface area contributed by atoms with Gasteiger partial charge in [-0.2, -0.15) is 4.31 Å². The molecule has 6 nitrogen and oxygen atoms in total. The monoisotopic (exact) mass is 463 g/mol. The fourth-order valence-corrected chi connectivity index (χ4v) is 6.19. The van der Waals surface area contributed by atoms with Crippen LogP contribution in [0.5, 0.6) is 0 Å². The summed E-state index contributed by atoms with van der Waals surface area (Å²) in [5.74, 6) is -0.266. The highest BCUT2D eigenvalue weighted by atomic mass is 32.2. The van der Waals surface area contributed by atoms with Crippen LogP contribution in [-0.4, -0.2) is 48.1 Å². The number of aromatic nitrogens is 1. The Labute approximate surface area is 195 Å². The van der Waals surface area contributed by atoms with Crippen molar-refractivity contribution in [2.24, 2.45) is 0 Å². The molecule has 2 heterocycles. The highest BCUT2D eigenvalue weighted by Crippen LogP contribution is 2.29. The van der Waals surface area contributed by atoms with E-state index in [0.717, 1.165) is 30.5 Å². The smallest absolute Gasteiger partial charge is 0.254 e. The lowest BCUT2D eigenvalue weighted by molar-refractivity contribution is 0.0752. The van der Waals surface area contributed by atoms with Gasteiger partial charge in [0.2, 0.25) is 10.0 Å². The van der Waals surface area contributed by atoms with Crippen LogP contribution in [0.4, 0.5) is 0 Å². The molecule has 2 atom stereocenters. The maximum absolute atomic E-state index is 13.5. The maximum atomic E-state index is 13.5. The van der Waals surface area contributed by atoms with Crippen molar-refractivity contribution in [2.45, 2.75) is 43.2 Å². The van der Waals surface area contributed by atoms with Crippen molar-refractivity contribution >= 4 is 15.9 Å². The fraction of sp³-hybridized carbons (Fsp3) is 0.308. The van der Waals surface area contributed by atoms with Gasteiger partial charge in [0, 0.05) is 31.4 Å². The highest BCUT2D eigenvalue weighted by Gasteiger charge is 2.32. The SMILES string of the molecule is CC1CCCCN1S(=O)(=O)c1cccc(C(=O)N(C)C(c2ccccc2)c2ccccn2)c1. The van der Waals surface area contributed by atoms with E-state index < -0.39 is 16.1 Å². The van der Waals surface area contributed by atoms with E-state index in [2.05, 4.69) is 4.98 Å². The quantitative estimate of drug-likeness (QED) is 0.539. The van der Waals surface area contributed by atoms with Crippen molar-refractivity contribution in [3.63, 3.8) is 0 Å². The topological polar surface area (TPSA) is 70.6 Å². The zero-order valence-corrected chi connectivity index (χ0v) is 19.8. The summed E-state index contributed by atoms with van der Waals surface area (Å²) < 4.78 is 28.2. The van der Waals surface area contributed by atoms with E-state index in [4.69, 9.17) is 0 Å². The van der Waals surface area contributed by atoms with Crippen LogP contribution in [0.3, 0.4) is 0 Å². The van der Waals surface area contributed by atoms with E-state index in [1.165, 1.54) is 6.07 Å². The van der Waals surface area contributed by atoms with Crippen LogP contribution in [0.1, 0.15) is 53.8 Å². The van der Waals surface area contributed by atoms with Gasteiger partial charge in [0.25, 0.3) is 5.91 Å². The number of hydrogen-bond donors (Lipinski definition) is 0. The number of rotatable bonds is 6. The fourth-order valence-electron chi connectivity index (χ4n) is 4.44. The van der Waals surface area contributed by atoms with Gasteiger partial charge in [-0.1, -0.05) is 48.9 Å². The molecule has 1 aliphatic heterocycles. The van der Waals surface area contributed by atoms with Gasteiger partial charge in [-0.3, -0.25) is 9.78 Å². The van der Waals surface area contributed by atoms with E-state index >= 15 is 0 Å². The van der Waals surface area contributed by atoms with Crippen molar-refractivity contribution in [3.05, 3.63) is 95.8 Å². The van der Waals surface area contributed by atoms with Gasteiger partial charge in [0.15, 0.2) is 0 Å². The third kappa shape index (κ3) is 4.84. The molecule has 2 unspecified atom stereocenters. The molecule has 1 fully saturated rings. The van der Waals surface area contributed by atoms with Crippen LogP contribution >= 0.6 is 0 Å². The lowest BCUT2D eigenvalue weighted by atomic mass is 10.0. The van der Waals surface area contributed by atoms with Crippen molar-refractivity contribution in [1.29, 1.82) is 0 Å². The summed E-state index contributed by atoms with van der Waals surface area (Å²) in [7, 11) is -1.94. The van der Waals surface area contributed by atoms with Crippen LogP contribution in [0, 0.1) is 0 Å². The lowest BCUT2D eigenvalue weighted by Gasteiger charge is -2.32. The number of benzene rings is 2. The van der Waals surface area contributed by atoms with E-state index in [1.54, 1.807) is 40.6 Å². The standard InChI is InChI=1S/C26H29N3O3S/c1-20-11-7-9-18-29(20)33(31,32)23-15-10-14-22(19-23)26(30)28(2)25(21-12-4-3-5-13-21)24-16-6-8-17-27-24/h3-6,8,10,12-17,19-20,25H,7,9,11,18H2,1-2H3. The molecule has 1 amide bonds. The van der Waals surface area contributed by atoms with Gasteiger partial charge in [0.05, 0.1) is 16.6 Å². The Balaban J connectivity index is 1.67. The molecular formula is C26H29N3O3S. The molecule has 0 bridgehead atoms. The maximum Gasteiger partial charge on any atom is 0.254 e. The van der Waals surface area contributed by atoms with E-state index in [9.17, 15) is 13.2 Å². The zero-order valence-electron chi connectivity index (χ0n) is 19.0.